The van der Waals surface area contributed by atoms with E-state index >= 15 is 0 Å². The quantitative estimate of drug-likeness (QED) is 0.626. The highest BCUT2D eigenvalue weighted by molar-refractivity contribution is 6.37. The molecule has 0 N–H and O–H groups in total. The van der Waals surface area contributed by atoms with Crippen molar-refractivity contribution < 1.29 is 9.59 Å². The molecule has 0 aromatic carbocycles. The van der Waals surface area contributed by atoms with E-state index in [1.54, 1.807) is 0 Å². The van der Waals surface area contributed by atoms with E-state index in [1.165, 1.54) is 25.7 Å². The third kappa shape index (κ3) is 1.26. The van der Waals surface area contributed by atoms with Crippen molar-refractivity contribution in [2.24, 2.45) is 11.8 Å². The van der Waals surface area contributed by atoms with Crippen LogP contribution in [0.15, 0.2) is 0 Å². The Morgan fingerprint density at radius 2 is 1.64 bits per heavy atom. The van der Waals surface area contributed by atoms with E-state index in [0.29, 0.717) is 19.0 Å². The van der Waals surface area contributed by atoms with Crippen molar-refractivity contribution in [2.45, 2.75) is 38.1 Å². The number of ketones is 1. The Morgan fingerprint density at radius 1 is 1.07 bits per heavy atom. The van der Waals surface area contributed by atoms with Gasteiger partial charge in [0.1, 0.15) is 0 Å². The van der Waals surface area contributed by atoms with Crippen molar-refractivity contribution >= 4 is 11.7 Å². The van der Waals surface area contributed by atoms with Gasteiger partial charge in [-0.25, -0.2) is 0 Å². The van der Waals surface area contributed by atoms with Crippen LogP contribution in [0.25, 0.3) is 0 Å². The Morgan fingerprint density at radius 3 is 2.00 bits per heavy atom. The number of carbonyl (C=O) groups excluding carboxylic acids is 2. The van der Waals surface area contributed by atoms with Gasteiger partial charge in [-0.15, -0.1) is 0 Å². The summed E-state index contributed by atoms with van der Waals surface area (Å²) < 4.78 is 0. The lowest BCUT2D eigenvalue weighted by atomic mass is 10.1. The number of carbonyl (C=O) groups is 2. The molecule has 2 aliphatic carbocycles. The minimum atomic E-state index is -0.200. The lowest BCUT2D eigenvalue weighted by Crippen LogP contribution is -2.40. The second-order valence-corrected chi connectivity index (χ2v) is 4.84. The predicted octanol–water partition coefficient (Wildman–Crippen LogP) is 0.976. The Balaban J connectivity index is 1.78. The van der Waals surface area contributed by atoms with E-state index in [0.717, 1.165) is 11.8 Å². The van der Waals surface area contributed by atoms with Gasteiger partial charge < -0.3 is 4.90 Å². The molecule has 1 aliphatic heterocycles. The number of likely N-dealkylation sites (tertiary alicyclic amines) is 1. The van der Waals surface area contributed by atoms with Crippen molar-refractivity contribution in [1.82, 2.24) is 4.90 Å². The maximum Gasteiger partial charge on any atom is 0.290 e. The lowest BCUT2D eigenvalue weighted by molar-refractivity contribution is -0.141. The Hall–Kier alpha value is -0.860. The van der Waals surface area contributed by atoms with Crippen LogP contribution in [-0.4, -0.2) is 29.2 Å². The molecule has 3 heteroatoms. The van der Waals surface area contributed by atoms with Gasteiger partial charge in [0, 0.05) is 19.0 Å². The van der Waals surface area contributed by atoms with Gasteiger partial charge in [0.05, 0.1) is 0 Å². The van der Waals surface area contributed by atoms with E-state index in [4.69, 9.17) is 0 Å². The van der Waals surface area contributed by atoms with Gasteiger partial charge >= 0.3 is 0 Å². The first-order valence-corrected chi connectivity index (χ1v) is 5.61. The molecule has 0 spiro atoms. The molecular formula is C11H15NO2. The van der Waals surface area contributed by atoms with E-state index in [9.17, 15) is 9.59 Å². The number of hydrogen-bond acceptors (Lipinski definition) is 2. The molecule has 0 bridgehead atoms. The molecule has 3 nitrogen and oxygen atoms in total. The van der Waals surface area contributed by atoms with Crippen LogP contribution in [0.5, 0.6) is 0 Å². The molecule has 1 heterocycles. The zero-order valence-electron chi connectivity index (χ0n) is 8.24. The molecule has 1 amide bonds. The molecule has 1 saturated heterocycles. The molecule has 3 fully saturated rings. The van der Waals surface area contributed by atoms with Crippen molar-refractivity contribution in [3.8, 4) is 0 Å². The van der Waals surface area contributed by atoms with E-state index in [2.05, 4.69) is 0 Å². The van der Waals surface area contributed by atoms with Gasteiger partial charge in [-0.3, -0.25) is 9.59 Å². The highest BCUT2D eigenvalue weighted by atomic mass is 16.2. The first-order valence-electron chi connectivity index (χ1n) is 5.61. The molecule has 3 rings (SSSR count). The maximum atomic E-state index is 11.6. The summed E-state index contributed by atoms with van der Waals surface area (Å²) in [4.78, 5) is 24.6. The fourth-order valence-electron chi connectivity index (χ4n) is 2.64. The van der Waals surface area contributed by atoms with Crippen LogP contribution < -0.4 is 0 Å². The molecule has 2 saturated carbocycles. The van der Waals surface area contributed by atoms with Crippen LogP contribution >= 0.6 is 0 Å². The number of amides is 1. The Kier molecular flexibility index (Phi) is 1.70. The average Bonchev–Trinajstić information content (AvgIpc) is 3.02. The van der Waals surface area contributed by atoms with Crippen molar-refractivity contribution in [1.29, 1.82) is 0 Å². The Labute approximate surface area is 83.5 Å². The van der Waals surface area contributed by atoms with Gasteiger partial charge in [-0.2, -0.15) is 0 Å². The smallest absolute Gasteiger partial charge is 0.290 e. The minimum absolute atomic E-state index is 0.170. The summed E-state index contributed by atoms with van der Waals surface area (Å²) in [5.41, 5.74) is 0. The first-order chi connectivity index (χ1) is 6.77. The standard InChI is InChI=1S/C11H15NO2/c13-9-5-6-12(11(9)14)10(7-1-2-7)8-3-4-8/h7-8,10H,1-6H2. The summed E-state index contributed by atoms with van der Waals surface area (Å²) in [6, 6.07) is 0.425. The SMILES string of the molecule is O=C1CCN(C(C2CC2)C2CC2)C1=O. The molecule has 14 heavy (non-hydrogen) atoms. The third-order valence-electron chi connectivity index (χ3n) is 3.65. The summed E-state index contributed by atoms with van der Waals surface area (Å²) in [5.74, 6) is 1.07. The van der Waals surface area contributed by atoms with Crippen LogP contribution in [0, 0.1) is 11.8 Å². The number of hydrogen-bond donors (Lipinski definition) is 0. The second-order valence-electron chi connectivity index (χ2n) is 4.84. The van der Waals surface area contributed by atoms with Crippen molar-refractivity contribution in [3.05, 3.63) is 0 Å². The summed E-state index contributed by atoms with van der Waals surface area (Å²) in [6.07, 6.45) is 5.51. The van der Waals surface area contributed by atoms with E-state index in [-0.39, 0.29) is 11.7 Å². The highest BCUT2D eigenvalue weighted by Crippen LogP contribution is 2.47. The largest absolute Gasteiger partial charge is 0.332 e. The van der Waals surface area contributed by atoms with Gasteiger partial charge in [-0.1, -0.05) is 0 Å². The molecule has 0 aromatic heterocycles. The number of rotatable bonds is 3. The molecule has 3 aliphatic rings. The summed E-state index contributed by atoms with van der Waals surface area (Å²) in [6.45, 7) is 0.690. The fourth-order valence-corrected chi connectivity index (χ4v) is 2.64. The van der Waals surface area contributed by atoms with Gasteiger partial charge in [-0.05, 0) is 37.5 Å². The molecule has 0 atom stereocenters. The van der Waals surface area contributed by atoms with Crippen molar-refractivity contribution in [3.63, 3.8) is 0 Å². The van der Waals surface area contributed by atoms with Crippen LogP contribution in [0.2, 0.25) is 0 Å². The zero-order chi connectivity index (χ0) is 9.71. The summed E-state index contributed by atoms with van der Waals surface area (Å²) in [5, 5.41) is 0. The zero-order valence-corrected chi connectivity index (χ0v) is 8.24. The predicted molar refractivity (Wildman–Crippen MR) is 50.6 cm³/mol. The normalized spacial score (nSPS) is 27.9. The van der Waals surface area contributed by atoms with Crippen LogP contribution in [0.1, 0.15) is 32.1 Å². The molecule has 76 valence electrons. The topological polar surface area (TPSA) is 37.4 Å². The summed E-state index contributed by atoms with van der Waals surface area (Å²) in [7, 11) is 0. The van der Waals surface area contributed by atoms with Gasteiger partial charge in [0.25, 0.3) is 5.91 Å². The average molecular weight is 193 g/mol. The van der Waals surface area contributed by atoms with E-state index < -0.39 is 0 Å². The van der Waals surface area contributed by atoms with Crippen molar-refractivity contribution in [2.75, 3.05) is 6.54 Å². The summed E-state index contributed by atoms with van der Waals surface area (Å²) >= 11 is 0. The molecule has 0 radical (unpaired) electrons. The molecule has 0 unspecified atom stereocenters. The lowest BCUT2D eigenvalue weighted by Gasteiger charge is -2.27. The first kappa shape index (κ1) is 8.45. The highest BCUT2D eigenvalue weighted by Gasteiger charge is 2.48. The molecule has 0 aromatic rings. The van der Waals surface area contributed by atoms with E-state index in [1.807, 2.05) is 4.90 Å². The van der Waals surface area contributed by atoms with Gasteiger partial charge in [0.2, 0.25) is 5.78 Å². The van der Waals surface area contributed by atoms with Crippen LogP contribution in [0.4, 0.5) is 0 Å². The third-order valence-corrected chi connectivity index (χ3v) is 3.65. The molecular weight excluding hydrogens is 178 g/mol. The van der Waals surface area contributed by atoms with Crippen LogP contribution in [0.3, 0.4) is 0 Å². The van der Waals surface area contributed by atoms with Crippen LogP contribution in [-0.2, 0) is 9.59 Å². The monoisotopic (exact) mass is 193 g/mol. The maximum absolute atomic E-state index is 11.6. The number of nitrogens with zero attached hydrogens (tertiary/aromatic N) is 1. The number of Topliss-reactive ketones (excluding diaryl/α,β-unsaturated/α-hetero) is 1. The minimum Gasteiger partial charge on any atom is -0.332 e. The second kappa shape index (κ2) is 2.81. The Bertz CT molecular complexity index is 280. The fraction of sp³-hybridized carbons (Fsp3) is 0.818. The van der Waals surface area contributed by atoms with Gasteiger partial charge in [0.15, 0.2) is 0 Å².